The van der Waals surface area contributed by atoms with Crippen LogP contribution in [0, 0.1) is 5.92 Å². The molecule has 5 nitrogen and oxygen atoms in total. The summed E-state index contributed by atoms with van der Waals surface area (Å²) in [5.41, 5.74) is 6.96. The van der Waals surface area contributed by atoms with E-state index >= 15 is 0 Å². The molecule has 0 bridgehead atoms. The molecule has 0 aliphatic heterocycles. The Hall–Kier alpha value is -1.46. The van der Waals surface area contributed by atoms with Crippen molar-refractivity contribution in [2.24, 2.45) is 11.7 Å². The maximum absolute atomic E-state index is 12.3. The zero-order valence-corrected chi connectivity index (χ0v) is 14.1. The van der Waals surface area contributed by atoms with E-state index in [2.05, 4.69) is 5.32 Å². The van der Waals surface area contributed by atoms with Gasteiger partial charge in [-0.25, -0.2) is 0 Å². The number of halogens is 1. The highest BCUT2D eigenvalue weighted by Crippen LogP contribution is 2.30. The SMILES string of the molecule is COc1ccc(C(C)NC(=O)C2CCCC2N)cc1OC.Cl. The van der Waals surface area contributed by atoms with Crippen LogP contribution in [0.2, 0.25) is 0 Å². The second-order valence-corrected chi connectivity index (χ2v) is 5.55. The van der Waals surface area contributed by atoms with Crippen molar-refractivity contribution in [2.75, 3.05) is 14.2 Å². The van der Waals surface area contributed by atoms with Gasteiger partial charge < -0.3 is 20.5 Å². The number of ether oxygens (including phenoxy) is 2. The van der Waals surface area contributed by atoms with Crippen molar-refractivity contribution < 1.29 is 14.3 Å². The predicted molar refractivity (Wildman–Crippen MR) is 88.7 cm³/mol. The van der Waals surface area contributed by atoms with Gasteiger partial charge in [0.1, 0.15) is 0 Å². The van der Waals surface area contributed by atoms with Crippen LogP contribution in [0.5, 0.6) is 11.5 Å². The molecule has 0 radical (unpaired) electrons. The number of nitrogens with two attached hydrogens (primary N) is 1. The van der Waals surface area contributed by atoms with Crippen molar-refractivity contribution in [3.8, 4) is 11.5 Å². The normalized spacial score (nSPS) is 21.6. The Kier molecular flexibility index (Phi) is 6.97. The third-order valence-electron chi connectivity index (χ3n) is 4.17. The lowest BCUT2D eigenvalue weighted by atomic mass is 10.0. The number of methoxy groups -OCH3 is 2. The molecule has 3 atom stereocenters. The zero-order chi connectivity index (χ0) is 15.4. The van der Waals surface area contributed by atoms with Gasteiger partial charge in [0.25, 0.3) is 0 Å². The molecular formula is C16H25ClN2O3. The third-order valence-corrected chi connectivity index (χ3v) is 4.17. The van der Waals surface area contributed by atoms with Crippen LogP contribution in [0.15, 0.2) is 18.2 Å². The Labute approximate surface area is 138 Å². The van der Waals surface area contributed by atoms with Crippen LogP contribution in [0.3, 0.4) is 0 Å². The van der Waals surface area contributed by atoms with Crippen LogP contribution < -0.4 is 20.5 Å². The standard InChI is InChI=1S/C16H24N2O3.ClH/c1-10(18-16(19)12-5-4-6-13(12)17)11-7-8-14(20-2)15(9-11)21-3;/h7-10,12-13H,4-6,17H2,1-3H3,(H,18,19);1H. The summed E-state index contributed by atoms with van der Waals surface area (Å²) in [6, 6.07) is 5.56. The van der Waals surface area contributed by atoms with Crippen LogP contribution in [0.4, 0.5) is 0 Å². The van der Waals surface area contributed by atoms with Gasteiger partial charge in [-0.3, -0.25) is 4.79 Å². The van der Waals surface area contributed by atoms with Crippen LogP contribution in [0.1, 0.15) is 37.8 Å². The molecule has 1 saturated carbocycles. The van der Waals surface area contributed by atoms with E-state index in [1.165, 1.54) is 0 Å². The number of carbonyl (C=O) groups is 1. The monoisotopic (exact) mass is 328 g/mol. The van der Waals surface area contributed by atoms with Gasteiger partial charge in [-0.15, -0.1) is 12.4 Å². The molecule has 1 amide bonds. The maximum atomic E-state index is 12.3. The fourth-order valence-corrected chi connectivity index (χ4v) is 2.84. The van der Waals surface area contributed by atoms with Crippen molar-refractivity contribution in [1.29, 1.82) is 0 Å². The van der Waals surface area contributed by atoms with Crippen molar-refractivity contribution >= 4 is 18.3 Å². The van der Waals surface area contributed by atoms with Gasteiger partial charge in [-0.1, -0.05) is 12.5 Å². The Morgan fingerprint density at radius 1 is 1.27 bits per heavy atom. The molecule has 0 saturated heterocycles. The summed E-state index contributed by atoms with van der Waals surface area (Å²) in [4.78, 5) is 12.3. The molecule has 124 valence electrons. The lowest BCUT2D eigenvalue weighted by Gasteiger charge is -2.20. The lowest BCUT2D eigenvalue weighted by molar-refractivity contribution is -0.125. The van der Waals surface area contributed by atoms with Crippen LogP contribution in [-0.2, 0) is 4.79 Å². The fourth-order valence-electron chi connectivity index (χ4n) is 2.84. The molecule has 3 unspecified atom stereocenters. The van der Waals surface area contributed by atoms with E-state index in [0.717, 1.165) is 24.8 Å². The van der Waals surface area contributed by atoms with E-state index < -0.39 is 0 Å². The van der Waals surface area contributed by atoms with E-state index in [9.17, 15) is 4.79 Å². The quantitative estimate of drug-likeness (QED) is 0.870. The Bertz CT molecular complexity index is 510. The number of benzene rings is 1. The fraction of sp³-hybridized carbons (Fsp3) is 0.562. The average Bonchev–Trinajstić information content (AvgIpc) is 2.92. The molecule has 0 heterocycles. The number of hydrogen-bond donors (Lipinski definition) is 2. The van der Waals surface area contributed by atoms with E-state index in [-0.39, 0.29) is 36.3 Å². The molecule has 1 aliphatic carbocycles. The van der Waals surface area contributed by atoms with Gasteiger partial charge in [-0.05, 0) is 37.5 Å². The van der Waals surface area contributed by atoms with Gasteiger partial charge in [0, 0.05) is 6.04 Å². The first-order chi connectivity index (χ1) is 10.1. The second kappa shape index (κ2) is 8.25. The van der Waals surface area contributed by atoms with Crippen molar-refractivity contribution in [1.82, 2.24) is 5.32 Å². The molecule has 3 N–H and O–H groups in total. The van der Waals surface area contributed by atoms with E-state index in [0.29, 0.717) is 11.5 Å². The second-order valence-electron chi connectivity index (χ2n) is 5.55. The maximum Gasteiger partial charge on any atom is 0.225 e. The van der Waals surface area contributed by atoms with Gasteiger partial charge in [0.2, 0.25) is 5.91 Å². The molecule has 1 fully saturated rings. The molecule has 1 aromatic rings. The highest BCUT2D eigenvalue weighted by atomic mass is 35.5. The molecule has 0 spiro atoms. The summed E-state index contributed by atoms with van der Waals surface area (Å²) >= 11 is 0. The third kappa shape index (κ3) is 4.05. The first-order valence-electron chi connectivity index (χ1n) is 7.34. The minimum atomic E-state index is -0.0925. The summed E-state index contributed by atoms with van der Waals surface area (Å²) in [7, 11) is 3.20. The largest absolute Gasteiger partial charge is 0.493 e. The molecule has 2 rings (SSSR count). The first-order valence-corrected chi connectivity index (χ1v) is 7.34. The highest BCUT2D eigenvalue weighted by molar-refractivity contribution is 5.85. The highest BCUT2D eigenvalue weighted by Gasteiger charge is 2.30. The summed E-state index contributed by atoms with van der Waals surface area (Å²) in [5.74, 6) is 1.32. The van der Waals surface area contributed by atoms with E-state index in [1.54, 1.807) is 14.2 Å². The molecule has 22 heavy (non-hydrogen) atoms. The van der Waals surface area contributed by atoms with Crippen LogP contribution in [-0.4, -0.2) is 26.2 Å². The first kappa shape index (κ1) is 18.6. The van der Waals surface area contributed by atoms with Crippen molar-refractivity contribution in [3.63, 3.8) is 0 Å². The number of amides is 1. The molecular weight excluding hydrogens is 304 g/mol. The molecule has 6 heteroatoms. The average molecular weight is 329 g/mol. The smallest absolute Gasteiger partial charge is 0.225 e. The van der Waals surface area contributed by atoms with E-state index in [1.807, 2.05) is 25.1 Å². The predicted octanol–water partition coefficient (Wildman–Crippen LogP) is 2.43. The topological polar surface area (TPSA) is 73.6 Å². The van der Waals surface area contributed by atoms with Crippen molar-refractivity contribution in [2.45, 2.75) is 38.3 Å². The van der Waals surface area contributed by atoms with E-state index in [4.69, 9.17) is 15.2 Å². The van der Waals surface area contributed by atoms with Gasteiger partial charge in [-0.2, -0.15) is 0 Å². The summed E-state index contributed by atoms with van der Waals surface area (Å²) in [6.45, 7) is 1.96. The van der Waals surface area contributed by atoms with Crippen molar-refractivity contribution in [3.05, 3.63) is 23.8 Å². The number of nitrogens with one attached hydrogen (secondary N) is 1. The zero-order valence-electron chi connectivity index (χ0n) is 13.3. The summed E-state index contributed by atoms with van der Waals surface area (Å²) in [6.07, 6.45) is 2.85. The summed E-state index contributed by atoms with van der Waals surface area (Å²) < 4.78 is 10.5. The molecule has 1 aromatic carbocycles. The number of carbonyl (C=O) groups excluding carboxylic acids is 1. The van der Waals surface area contributed by atoms with Crippen LogP contribution >= 0.6 is 12.4 Å². The molecule has 0 aromatic heterocycles. The lowest BCUT2D eigenvalue weighted by Crippen LogP contribution is -2.39. The van der Waals surface area contributed by atoms with Gasteiger partial charge in [0.15, 0.2) is 11.5 Å². The van der Waals surface area contributed by atoms with Gasteiger partial charge >= 0.3 is 0 Å². The Morgan fingerprint density at radius 3 is 2.50 bits per heavy atom. The van der Waals surface area contributed by atoms with Crippen LogP contribution in [0.25, 0.3) is 0 Å². The Balaban J connectivity index is 0.00000242. The summed E-state index contributed by atoms with van der Waals surface area (Å²) in [5, 5.41) is 3.04. The molecule has 1 aliphatic rings. The minimum Gasteiger partial charge on any atom is -0.493 e. The van der Waals surface area contributed by atoms with Gasteiger partial charge in [0.05, 0.1) is 26.2 Å². The Morgan fingerprint density at radius 2 is 1.95 bits per heavy atom. The number of rotatable bonds is 5. The number of hydrogen-bond acceptors (Lipinski definition) is 4. The minimum absolute atomic E-state index is 0.